The number of nitrogens with one attached hydrogen (secondary N) is 1. The number of halogens is 3. The van der Waals surface area contributed by atoms with Gasteiger partial charge in [0.1, 0.15) is 11.5 Å². The Morgan fingerprint density at radius 1 is 0.974 bits per heavy atom. The van der Waals surface area contributed by atoms with Crippen molar-refractivity contribution in [2.45, 2.75) is 57.5 Å². The zero-order chi connectivity index (χ0) is 27.3. The molecular formula is C28H34F3N3O4. The Labute approximate surface area is 220 Å². The number of hydrogen-bond donors (Lipinski definition) is 1. The van der Waals surface area contributed by atoms with Crippen molar-refractivity contribution in [1.29, 1.82) is 0 Å². The van der Waals surface area contributed by atoms with Crippen LogP contribution in [0.5, 0.6) is 11.5 Å². The number of ether oxygens (including phenoxy) is 2. The fourth-order valence-corrected chi connectivity index (χ4v) is 5.38. The molecule has 0 aliphatic carbocycles. The Morgan fingerprint density at radius 2 is 1.66 bits per heavy atom. The molecule has 1 N–H and O–H groups in total. The Morgan fingerprint density at radius 3 is 2.29 bits per heavy atom. The molecule has 206 valence electrons. The summed E-state index contributed by atoms with van der Waals surface area (Å²) in [6, 6.07) is 11.7. The molecule has 2 amide bonds. The summed E-state index contributed by atoms with van der Waals surface area (Å²) in [5, 5.41) is 3.16. The van der Waals surface area contributed by atoms with E-state index in [2.05, 4.69) is 15.0 Å². The van der Waals surface area contributed by atoms with Gasteiger partial charge in [-0.05, 0) is 61.9 Å². The lowest BCUT2D eigenvalue weighted by molar-refractivity contribution is -0.274. The lowest BCUT2D eigenvalue weighted by Crippen LogP contribution is -2.52. The Balaban J connectivity index is 1.22. The second-order valence-corrected chi connectivity index (χ2v) is 9.93. The van der Waals surface area contributed by atoms with E-state index < -0.39 is 18.0 Å². The van der Waals surface area contributed by atoms with Crippen molar-refractivity contribution >= 4 is 11.8 Å². The third-order valence-electron chi connectivity index (χ3n) is 7.33. The van der Waals surface area contributed by atoms with E-state index in [-0.39, 0.29) is 17.5 Å². The number of nitrogens with zero attached hydrogens (tertiary/aromatic N) is 2. The molecule has 10 heteroatoms. The normalized spacial score (nSPS) is 17.8. The molecule has 2 aliphatic heterocycles. The Kier molecular flexibility index (Phi) is 8.81. The highest BCUT2D eigenvalue weighted by molar-refractivity contribution is 5.97. The van der Waals surface area contributed by atoms with E-state index in [1.807, 2.05) is 25.1 Å². The summed E-state index contributed by atoms with van der Waals surface area (Å²) in [6.45, 7) is 4.61. The molecule has 0 aromatic heterocycles. The van der Waals surface area contributed by atoms with E-state index in [0.29, 0.717) is 25.6 Å². The van der Waals surface area contributed by atoms with Crippen LogP contribution in [0.1, 0.15) is 47.2 Å². The standard InChI is InChI=1S/C28H34F3N3O4/c1-19-17-20(7-8-24(19)37-2)18-26(35)32-21-9-13-33(14-10-21)22-11-15-34(16-12-22)27(36)23-5-3-4-6-25(23)38-28(29,30)31/h3-8,17,21-22H,9-16,18H2,1-2H3,(H,32,35). The predicted molar refractivity (Wildman–Crippen MR) is 136 cm³/mol. The van der Waals surface area contributed by atoms with Crippen LogP contribution in [0.4, 0.5) is 13.2 Å². The molecule has 2 aromatic rings. The van der Waals surface area contributed by atoms with Gasteiger partial charge in [-0.2, -0.15) is 0 Å². The molecular weight excluding hydrogens is 499 g/mol. The topological polar surface area (TPSA) is 71.1 Å². The maximum Gasteiger partial charge on any atom is 0.573 e. The van der Waals surface area contributed by atoms with Crippen LogP contribution in [-0.4, -0.2) is 73.3 Å². The molecule has 7 nitrogen and oxygen atoms in total. The molecule has 2 aromatic carbocycles. The first-order valence-corrected chi connectivity index (χ1v) is 12.9. The average Bonchev–Trinajstić information content (AvgIpc) is 2.88. The number of benzene rings is 2. The summed E-state index contributed by atoms with van der Waals surface area (Å²) in [4.78, 5) is 29.5. The number of rotatable bonds is 7. The van der Waals surface area contributed by atoms with Gasteiger partial charge in [0.2, 0.25) is 5.91 Å². The summed E-state index contributed by atoms with van der Waals surface area (Å²) >= 11 is 0. The smallest absolute Gasteiger partial charge is 0.496 e. The quantitative estimate of drug-likeness (QED) is 0.574. The van der Waals surface area contributed by atoms with Crippen LogP contribution in [0, 0.1) is 6.92 Å². The highest BCUT2D eigenvalue weighted by atomic mass is 19.4. The van der Waals surface area contributed by atoms with Gasteiger partial charge in [0, 0.05) is 38.3 Å². The zero-order valence-electron chi connectivity index (χ0n) is 21.7. The minimum Gasteiger partial charge on any atom is -0.496 e. The van der Waals surface area contributed by atoms with Gasteiger partial charge < -0.3 is 24.6 Å². The first kappa shape index (κ1) is 27.8. The van der Waals surface area contributed by atoms with Crippen molar-refractivity contribution in [2.75, 3.05) is 33.3 Å². The number of carbonyl (C=O) groups excluding carboxylic acids is 2. The number of piperidine rings is 2. The van der Waals surface area contributed by atoms with Crippen LogP contribution in [-0.2, 0) is 11.2 Å². The number of likely N-dealkylation sites (tertiary alicyclic amines) is 2. The third kappa shape index (κ3) is 7.18. The molecule has 2 fully saturated rings. The average molecular weight is 534 g/mol. The molecule has 0 bridgehead atoms. The number of para-hydroxylation sites is 1. The highest BCUT2D eigenvalue weighted by Gasteiger charge is 2.35. The van der Waals surface area contributed by atoms with Gasteiger partial charge in [-0.25, -0.2) is 0 Å². The SMILES string of the molecule is COc1ccc(CC(=O)NC2CCN(C3CCN(C(=O)c4ccccc4OC(F)(F)F)CC3)CC2)cc1C. The van der Waals surface area contributed by atoms with Crippen molar-refractivity contribution in [3.8, 4) is 11.5 Å². The summed E-state index contributed by atoms with van der Waals surface area (Å²) < 4.78 is 47.6. The number of methoxy groups -OCH3 is 1. The number of hydrogen-bond acceptors (Lipinski definition) is 5. The van der Waals surface area contributed by atoms with Gasteiger partial charge in [0.15, 0.2) is 0 Å². The van der Waals surface area contributed by atoms with Crippen LogP contribution < -0.4 is 14.8 Å². The van der Waals surface area contributed by atoms with Crippen molar-refractivity contribution in [3.63, 3.8) is 0 Å². The maximum absolute atomic E-state index is 12.9. The van der Waals surface area contributed by atoms with Crippen LogP contribution in [0.3, 0.4) is 0 Å². The zero-order valence-corrected chi connectivity index (χ0v) is 21.7. The van der Waals surface area contributed by atoms with Gasteiger partial charge in [-0.1, -0.05) is 24.3 Å². The number of aryl methyl sites for hydroxylation is 1. The molecule has 2 aliphatic rings. The van der Waals surface area contributed by atoms with Crippen LogP contribution in [0.25, 0.3) is 0 Å². The van der Waals surface area contributed by atoms with Crippen LogP contribution in [0.15, 0.2) is 42.5 Å². The monoisotopic (exact) mass is 533 g/mol. The highest BCUT2D eigenvalue weighted by Crippen LogP contribution is 2.29. The molecule has 0 spiro atoms. The maximum atomic E-state index is 12.9. The first-order chi connectivity index (χ1) is 18.1. The molecule has 0 radical (unpaired) electrons. The largest absolute Gasteiger partial charge is 0.573 e. The second-order valence-electron chi connectivity index (χ2n) is 9.93. The molecule has 38 heavy (non-hydrogen) atoms. The molecule has 2 heterocycles. The van der Waals surface area contributed by atoms with Gasteiger partial charge >= 0.3 is 6.36 Å². The summed E-state index contributed by atoms with van der Waals surface area (Å²) in [7, 11) is 1.63. The second kappa shape index (κ2) is 12.1. The van der Waals surface area contributed by atoms with Crippen molar-refractivity contribution in [3.05, 3.63) is 59.2 Å². The van der Waals surface area contributed by atoms with E-state index in [4.69, 9.17) is 4.74 Å². The minimum absolute atomic E-state index is 0.00891. The molecule has 0 saturated carbocycles. The summed E-state index contributed by atoms with van der Waals surface area (Å²) in [5.41, 5.74) is 1.87. The third-order valence-corrected chi connectivity index (χ3v) is 7.33. The van der Waals surface area contributed by atoms with Gasteiger partial charge in [-0.15, -0.1) is 13.2 Å². The van der Waals surface area contributed by atoms with E-state index in [1.54, 1.807) is 12.0 Å². The van der Waals surface area contributed by atoms with E-state index in [0.717, 1.165) is 61.7 Å². The Bertz CT molecular complexity index is 1120. The van der Waals surface area contributed by atoms with Gasteiger partial charge in [0.25, 0.3) is 5.91 Å². The van der Waals surface area contributed by atoms with E-state index in [9.17, 15) is 22.8 Å². The van der Waals surface area contributed by atoms with E-state index in [1.165, 1.54) is 18.2 Å². The molecule has 0 atom stereocenters. The van der Waals surface area contributed by atoms with Crippen molar-refractivity contribution in [1.82, 2.24) is 15.1 Å². The lowest BCUT2D eigenvalue weighted by atomic mass is 9.97. The van der Waals surface area contributed by atoms with Gasteiger partial charge in [0.05, 0.1) is 19.1 Å². The van der Waals surface area contributed by atoms with Crippen LogP contribution in [0.2, 0.25) is 0 Å². The number of amides is 2. The minimum atomic E-state index is -4.86. The number of carbonyl (C=O) groups is 2. The van der Waals surface area contributed by atoms with Gasteiger partial charge in [-0.3, -0.25) is 9.59 Å². The number of alkyl halides is 3. The summed E-state index contributed by atoms with van der Waals surface area (Å²) in [5.74, 6) is -0.109. The predicted octanol–water partition coefficient (Wildman–Crippen LogP) is 4.33. The fraction of sp³-hybridized carbons (Fsp3) is 0.500. The van der Waals surface area contributed by atoms with Crippen molar-refractivity contribution in [2.24, 2.45) is 0 Å². The van der Waals surface area contributed by atoms with Crippen molar-refractivity contribution < 1.29 is 32.2 Å². The fourth-order valence-electron chi connectivity index (χ4n) is 5.38. The lowest BCUT2D eigenvalue weighted by Gasteiger charge is -2.42. The molecule has 4 rings (SSSR count). The van der Waals surface area contributed by atoms with Crippen LogP contribution >= 0.6 is 0 Å². The van der Waals surface area contributed by atoms with E-state index >= 15 is 0 Å². The molecule has 2 saturated heterocycles. The molecule has 0 unspecified atom stereocenters. The first-order valence-electron chi connectivity index (χ1n) is 12.9. The Hall–Kier alpha value is -3.27. The summed E-state index contributed by atoms with van der Waals surface area (Å²) in [6.07, 6.45) is -1.31.